The maximum atomic E-state index is 13.1. The number of nitrogens with one attached hydrogen (secondary N) is 1. The first-order valence-electron chi connectivity index (χ1n) is 7.93. The largest absolute Gasteiger partial charge is 0.481 e. The SMILES string of the molecule is COc1cccc(C(NC(=O)OC(C)(C)C)S(=O)(=O)c2ccccc2)n1. The van der Waals surface area contributed by atoms with Gasteiger partial charge in [0.1, 0.15) is 5.60 Å². The summed E-state index contributed by atoms with van der Waals surface area (Å²) in [5.41, 5.74) is -0.647. The molecule has 0 fully saturated rings. The lowest BCUT2D eigenvalue weighted by molar-refractivity contribution is 0.0518. The summed E-state index contributed by atoms with van der Waals surface area (Å²) in [5, 5.41) is 0.991. The number of rotatable bonds is 5. The first kappa shape index (κ1) is 19.7. The van der Waals surface area contributed by atoms with E-state index in [2.05, 4.69) is 10.3 Å². The van der Waals surface area contributed by atoms with Crippen LogP contribution < -0.4 is 10.1 Å². The van der Waals surface area contributed by atoms with Crippen molar-refractivity contribution in [2.45, 2.75) is 36.6 Å². The standard InChI is InChI=1S/C18H22N2O5S/c1-18(2,3)25-17(21)20-16(14-11-8-12-15(19-14)24-4)26(22,23)13-9-6-5-7-10-13/h5-12,16H,1-4H3,(H,20,21). The maximum Gasteiger partial charge on any atom is 0.409 e. The number of sulfone groups is 1. The first-order valence-corrected chi connectivity index (χ1v) is 9.47. The molecule has 8 heteroatoms. The van der Waals surface area contributed by atoms with Crippen LogP contribution in [0.3, 0.4) is 0 Å². The third-order valence-electron chi connectivity index (χ3n) is 3.25. The van der Waals surface area contributed by atoms with Gasteiger partial charge >= 0.3 is 6.09 Å². The van der Waals surface area contributed by atoms with Crippen LogP contribution in [0.15, 0.2) is 53.4 Å². The molecular weight excluding hydrogens is 356 g/mol. The maximum absolute atomic E-state index is 13.1. The van der Waals surface area contributed by atoms with Crippen LogP contribution in [0.5, 0.6) is 5.88 Å². The molecule has 1 aromatic carbocycles. The number of aromatic nitrogens is 1. The van der Waals surface area contributed by atoms with Crippen LogP contribution in [0.25, 0.3) is 0 Å². The number of ether oxygens (including phenoxy) is 2. The molecule has 1 heterocycles. The van der Waals surface area contributed by atoms with Gasteiger partial charge in [0.25, 0.3) is 0 Å². The predicted octanol–water partition coefficient (Wildman–Crippen LogP) is 3.09. The molecule has 0 saturated heterocycles. The number of hydrogen-bond donors (Lipinski definition) is 1. The van der Waals surface area contributed by atoms with Crippen LogP contribution in [-0.2, 0) is 14.6 Å². The Morgan fingerprint density at radius 2 is 1.73 bits per heavy atom. The van der Waals surface area contributed by atoms with Crippen LogP contribution in [0.4, 0.5) is 4.79 Å². The van der Waals surface area contributed by atoms with E-state index < -0.39 is 26.9 Å². The molecule has 2 aromatic rings. The highest BCUT2D eigenvalue weighted by atomic mass is 32.2. The summed E-state index contributed by atoms with van der Waals surface area (Å²) >= 11 is 0. The van der Waals surface area contributed by atoms with Crippen LogP contribution in [-0.4, -0.2) is 32.2 Å². The van der Waals surface area contributed by atoms with Crippen molar-refractivity contribution >= 4 is 15.9 Å². The Bertz CT molecular complexity index is 861. The average Bonchev–Trinajstić information content (AvgIpc) is 2.59. The van der Waals surface area contributed by atoms with Crippen molar-refractivity contribution in [3.05, 3.63) is 54.2 Å². The predicted molar refractivity (Wildman–Crippen MR) is 96.5 cm³/mol. The van der Waals surface area contributed by atoms with Crippen molar-refractivity contribution in [3.63, 3.8) is 0 Å². The second-order valence-electron chi connectivity index (χ2n) is 6.49. The fourth-order valence-electron chi connectivity index (χ4n) is 2.16. The van der Waals surface area contributed by atoms with Gasteiger partial charge in [-0.2, -0.15) is 0 Å². The number of amides is 1. The van der Waals surface area contributed by atoms with Gasteiger partial charge in [-0.05, 0) is 39.0 Å². The van der Waals surface area contributed by atoms with Gasteiger partial charge in [0, 0.05) is 6.07 Å². The normalized spacial score (nSPS) is 12.9. The minimum atomic E-state index is -3.96. The number of hydrogen-bond acceptors (Lipinski definition) is 6. The number of benzene rings is 1. The summed E-state index contributed by atoms with van der Waals surface area (Å²) in [7, 11) is -2.54. The number of carbonyl (C=O) groups is 1. The molecule has 1 atom stereocenters. The van der Waals surface area contributed by atoms with Crippen molar-refractivity contribution in [3.8, 4) is 5.88 Å². The topological polar surface area (TPSA) is 94.6 Å². The molecule has 0 aliphatic carbocycles. The molecule has 26 heavy (non-hydrogen) atoms. The number of alkyl carbamates (subject to hydrolysis) is 1. The van der Waals surface area contributed by atoms with Crippen molar-refractivity contribution in [2.24, 2.45) is 0 Å². The minimum absolute atomic E-state index is 0.0608. The molecule has 0 radical (unpaired) electrons. The average molecular weight is 378 g/mol. The Morgan fingerprint density at radius 1 is 1.08 bits per heavy atom. The van der Waals surface area contributed by atoms with Crippen LogP contribution in [0.2, 0.25) is 0 Å². The first-order chi connectivity index (χ1) is 12.1. The van der Waals surface area contributed by atoms with Crippen LogP contribution in [0.1, 0.15) is 31.8 Å². The smallest absolute Gasteiger partial charge is 0.409 e. The van der Waals surface area contributed by atoms with Gasteiger partial charge in [0.15, 0.2) is 5.37 Å². The highest BCUT2D eigenvalue weighted by Gasteiger charge is 2.33. The van der Waals surface area contributed by atoms with Crippen LogP contribution >= 0.6 is 0 Å². The van der Waals surface area contributed by atoms with E-state index in [0.29, 0.717) is 0 Å². The van der Waals surface area contributed by atoms with Gasteiger partial charge in [-0.15, -0.1) is 0 Å². The minimum Gasteiger partial charge on any atom is -0.481 e. The van der Waals surface area contributed by atoms with Crippen molar-refractivity contribution in [1.82, 2.24) is 10.3 Å². The number of carbonyl (C=O) groups excluding carboxylic acids is 1. The highest BCUT2D eigenvalue weighted by Crippen LogP contribution is 2.27. The Hall–Kier alpha value is -2.61. The molecule has 1 amide bonds. The number of pyridine rings is 1. The summed E-state index contributed by atoms with van der Waals surface area (Å²) in [6, 6.07) is 12.5. The molecule has 1 aromatic heterocycles. The Labute approximate surface area is 153 Å². The molecule has 0 aliphatic rings. The molecule has 1 unspecified atom stereocenters. The molecule has 1 N–H and O–H groups in total. The summed E-state index contributed by atoms with van der Waals surface area (Å²) in [4.78, 5) is 16.4. The molecule has 7 nitrogen and oxygen atoms in total. The van der Waals surface area contributed by atoms with Gasteiger partial charge in [0.05, 0.1) is 17.7 Å². The Balaban J connectivity index is 2.46. The second kappa shape index (κ2) is 7.74. The van der Waals surface area contributed by atoms with Gasteiger partial charge in [-0.1, -0.05) is 24.3 Å². The zero-order valence-corrected chi connectivity index (χ0v) is 15.9. The zero-order valence-electron chi connectivity index (χ0n) is 15.1. The van der Waals surface area contributed by atoms with Crippen molar-refractivity contribution < 1.29 is 22.7 Å². The third kappa shape index (κ3) is 4.95. The third-order valence-corrected chi connectivity index (χ3v) is 5.16. The summed E-state index contributed by atoms with van der Waals surface area (Å²) in [5.74, 6) is 0.238. The summed E-state index contributed by atoms with van der Waals surface area (Å²) in [6.45, 7) is 5.07. The van der Waals surface area contributed by atoms with E-state index in [0.717, 1.165) is 0 Å². The van der Waals surface area contributed by atoms with Gasteiger partial charge in [-0.3, -0.25) is 5.32 Å². The highest BCUT2D eigenvalue weighted by molar-refractivity contribution is 7.91. The van der Waals surface area contributed by atoms with E-state index in [1.165, 1.54) is 25.3 Å². The number of methoxy groups -OCH3 is 1. The number of nitrogens with zero attached hydrogens (tertiary/aromatic N) is 1. The Morgan fingerprint density at radius 3 is 2.31 bits per heavy atom. The lowest BCUT2D eigenvalue weighted by atomic mass is 10.2. The molecule has 2 rings (SSSR count). The molecule has 0 bridgehead atoms. The van der Waals surface area contributed by atoms with E-state index in [4.69, 9.17) is 9.47 Å². The summed E-state index contributed by atoms with van der Waals surface area (Å²) in [6.07, 6.45) is -0.855. The molecule has 0 spiro atoms. The lowest BCUT2D eigenvalue weighted by Gasteiger charge is -2.23. The van der Waals surface area contributed by atoms with E-state index in [9.17, 15) is 13.2 Å². The van der Waals surface area contributed by atoms with Gasteiger partial charge in [0.2, 0.25) is 15.7 Å². The fourth-order valence-corrected chi connectivity index (χ4v) is 3.67. The molecule has 0 aliphatic heterocycles. The molecule has 0 saturated carbocycles. The summed E-state index contributed by atoms with van der Waals surface area (Å²) < 4.78 is 36.4. The van der Waals surface area contributed by atoms with E-state index >= 15 is 0 Å². The van der Waals surface area contributed by atoms with E-state index in [1.54, 1.807) is 51.1 Å². The monoisotopic (exact) mass is 378 g/mol. The van der Waals surface area contributed by atoms with Gasteiger partial charge in [-0.25, -0.2) is 18.2 Å². The van der Waals surface area contributed by atoms with Gasteiger partial charge < -0.3 is 9.47 Å². The fraction of sp³-hybridized carbons (Fsp3) is 0.333. The Kier molecular flexibility index (Phi) is 5.86. The van der Waals surface area contributed by atoms with E-state index in [-0.39, 0.29) is 16.5 Å². The quantitative estimate of drug-likeness (QED) is 0.859. The second-order valence-corrected chi connectivity index (χ2v) is 8.52. The lowest BCUT2D eigenvalue weighted by Crippen LogP contribution is -2.38. The molecule has 140 valence electrons. The molecular formula is C18H22N2O5S. The van der Waals surface area contributed by atoms with E-state index in [1.807, 2.05) is 0 Å². The van der Waals surface area contributed by atoms with Crippen LogP contribution in [0, 0.1) is 0 Å². The zero-order chi connectivity index (χ0) is 19.4. The van der Waals surface area contributed by atoms with Crippen molar-refractivity contribution in [1.29, 1.82) is 0 Å². The van der Waals surface area contributed by atoms with Crippen molar-refractivity contribution in [2.75, 3.05) is 7.11 Å².